The molecule has 0 atom stereocenters. The fourth-order valence-electron chi connectivity index (χ4n) is 0.699. The van der Waals surface area contributed by atoms with Gasteiger partial charge in [0.05, 0.1) is 0 Å². The van der Waals surface area contributed by atoms with Gasteiger partial charge in [-0.25, -0.2) is 0 Å². The van der Waals surface area contributed by atoms with Crippen molar-refractivity contribution >= 4 is 21.8 Å². The molecule has 0 aromatic carbocycles. The van der Waals surface area contributed by atoms with Crippen molar-refractivity contribution in [3.8, 4) is 0 Å². The highest BCUT2D eigenvalue weighted by Gasteiger charge is 2.40. The zero-order valence-corrected chi connectivity index (χ0v) is 6.70. The number of likely N-dealkylation sites (tertiary alicyclic amines) is 1. The van der Waals surface area contributed by atoms with Gasteiger partial charge in [0.2, 0.25) is 0 Å². The quantitative estimate of drug-likeness (QED) is 0.600. The minimum absolute atomic E-state index is 0.458. The molecule has 0 spiro atoms. The van der Waals surface area contributed by atoms with Gasteiger partial charge in [-0.2, -0.15) is 8.78 Å². The van der Waals surface area contributed by atoms with E-state index in [0.29, 0.717) is 13.1 Å². The smallest absolute Gasteiger partial charge is 0.337 e. The van der Waals surface area contributed by atoms with Crippen LogP contribution in [0.4, 0.5) is 8.78 Å². The molecule has 0 N–H and O–H groups in total. The molecular weight excluding hydrogens is 208 g/mol. The lowest BCUT2D eigenvalue weighted by atomic mass is 10.2. The molecule has 10 heavy (non-hydrogen) atoms. The molecule has 1 rings (SSSR count). The second kappa shape index (κ2) is 2.45. The normalized spacial score (nSPS) is 18.5. The second-order valence-electron chi connectivity index (χ2n) is 2.14. The number of hydrogen-bond acceptors (Lipinski definition) is 1. The molecule has 1 aliphatic heterocycles. The van der Waals surface area contributed by atoms with Crippen molar-refractivity contribution < 1.29 is 13.6 Å². The molecular formula is C5H6BrF2NO. The standard InChI is InChI=1S/C5H6BrF2NO/c6-5(7,8)4(10)9-2-1-3-9/h1-3H2. The summed E-state index contributed by atoms with van der Waals surface area (Å²) in [5.41, 5.74) is 0. The average Bonchev–Trinajstić information content (AvgIpc) is 1.57. The maximum Gasteiger partial charge on any atom is 0.377 e. The van der Waals surface area contributed by atoms with Crippen LogP contribution in [-0.4, -0.2) is 28.7 Å². The highest BCUT2D eigenvalue weighted by Crippen LogP contribution is 2.26. The van der Waals surface area contributed by atoms with E-state index < -0.39 is 10.7 Å². The van der Waals surface area contributed by atoms with Crippen LogP contribution in [0.3, 0.4) is 0 Å². The van der Waals surface area contributed by atoms with Gasteiger partial charge >= 0.3 is 10.7 Å². The first-order valence-electron chi connectivity index (χ1n) is 2.88. The molecule has 1 fully saturated rings. The maximum absolute atomic E-state index is 12.1. The monoisotopic (exact) mass is 213 g/mol. The molecule has 0 aromatic heterocycles. The van der Waals surface area contributed by atoms with Crippen molar-refractivity contribution in [2.24, 2.45) is 0 Å². The zero-order valence-electron chi connectivity index (χ0n) is 5.11. The lowest BCUT2D eigenvalue weighted by Crippen LogP contribution is -2.47. The predicted octanol–water partition coefficient (Wildman–Crippen LogP) is 1.21. The van der Waals surface area contributed by atoms with Crippen LogP contribution in [-0.2, 0) is 4.79 Å². The zero-order chi connectivity index (χ0) is 7.78. The topological polar surface area (TPSA) is 20.3 Å². The Morgan fingerprint density at radius 3 is 2.10 bits per heavy atom. The summed E-state index contributed by atoms with van der Waals surface area (Å²) in [6.07, 6.45) is 0.828. The van der Waals surface area contributed by atoms with Crippen LogP contribution in [0.2, 0.25) is 0 Å². The summed E-state index contributed by atoms with van der Waals surface area (Å²) in [6, 6.07) is 0. The van der Waals surface area contributed by atoms with Gasteiger partial charge in [0.25, 0.3) is 0 Å². The third-order valence-corrected chi connectivity index (χ3v) is 1.72. The van der Waals surface area contributed by atoms with Gasteiger partial charge in [-0.15, -0.1) is 0 Å². The molecule has 1 amide bonds. The van der Waals surface area contributed by atoms with E-state index in [0.717, 1.165) is 11.3 Å². The number of carbonyl (C=O) groups is 1. The van der Waals surface area contributed by atoms with Crippen molar-refractivity contribution in [2.45, 2.75) is 11.3 Å². The van der Waals surface area contributed by atoms with E-state index in [-0.39, 0.29) is 0 Å². The van der Waals surface area contributed by atoms with Gasteiger partial charge in [-0.05, 0) is 6.42 Å². The lowest BCUT2D eigenvalue weighted by molar-refractivity contribution is -0.149. The third kappa shape index (κ3) is 1.45. The third-order valence-electron chi connectivity index (χ3n) is 1.39. The summed E-state index contributed by atoms with van der Waals surface area (Å²) >= 11 is 1.99. The van der Waals surface area contributed by atoms with Crippen LogP contribution in [0.25, 0.3) is 0 Å². The maximum atomic E-state index is 12.1. The van der Waals surface area contributed by atoms with Crippen LogP contribution in [0.5, 0.6) is 0 Å². The molecule has 0 unspecified atom stereocenters. The molecule has 0 saturated carbocycles. The number of nitrogens with zero attached hydrogens (tertiary/aromatic N) is 1. The predicted molar refractivity (Wildman–Crippen MR) is 35.1 cm³/mol. The number of alkyl halides is 3. The number of rotatable bonds is 1. The Kier molecular flexibility index (Phi) is 1.94. The minimum Gasteiger partial charge on any atom is -0.337 e. The van der Waals surface area contributed by atoms with E-state index in [9.17, 15) is 13.6 Å². The Bertz CT molecular complexity index is 152. The van der Waals surface area contributed by atoms with Crippen LogP contribution >= 0.6 is 15.9 Å². The summed E-state index contributed by atoms with van der Waals surface area (Å²) in [4.78, 5) is 8.33. The van der Waals surface area contributed by atoms with E-state index in [1.807, 2.05) is 15.9 Å². The van der Waals surface area contributed by atoms with Crippen LogP contribution in [0.1, 0.15) is 6.42 Å². The largest absolute Gasteiger partial charge is 0.377 e. The highest BCUT2D eigenvalue weighted by molar-refractivity contribution is 9.10. The van der Waals surface area contributed by atoms with Crippen molar-refractivity contribution in [3.63, 3.8) is 0 Å². The van der Waals surface area contributed by atoms with Gasteiger partial charge in [0.15, 0.2) is 0 Å². The number of amides is 1. The SMILES string of the molecule is O=C(N1CCC1)C(F)(F)Br. The molecule has 0 bridgehead atoms. The van der Waals surface area contributed by atoms with Gasteiger partial charge in [0.1, 0.15) is 0 Å². The van der Waals surface area contributed by atoms with Crippen molar-refractivity contribution in [3.05, 3.63) is 0 Å². The van der Waals surface area contributed by atoms with Crippen molar-refractivity contribution in [1.82, 2.24) is 4.90 Å². The molecule has 1 aliphatic rings. The van der Waals surface area contributed by atoms with E-state index in [4.69, 9.17) is 0 Å². The van der Waals surface area contributed by atoms with Crippen LogP contribution in [0.15, 0.2) is 0 Å². The molecule has 0 aromatic rings. The fraction of sp³-hybridized carbons (Fsp3) is 0.800. The summed E-state index contributed by atoms with van der Waals surface area (Å²) in [7, 11) is 0. The number of carbonyl (C=O) groups excluding carboxylic acids is 1. The van der Waals surface area contributed by atoms with Crippen LogP contribution in [0, 0.1) is 0 Å². The lowest BCUT2D eigenvalue weighted by Gasteiger charge is -2.31. The van der Waals surface area contributed by atoms with Gasteiger partial charge in [-0.3, -0.25) is 4.79 Å². The first-order chi connectivity index (χ1) is 4.52. The Hall–Kier alpha value is -0.190. The Morgan fingerprint density at radius 2 is 2.00 bits per heavy atom. The summed E-state index contributed by atoms with van der Waals surface area (Å²) in [6.45, 7) is 0.917. The van der Waals surface area contributed by atoms with E-state index in [1.165, 1.54) is 0 Å². The Morgan fingerprint density at radius 1 is 1.50 bits per heavy atom. The van der Waals surface area contributed by atoms with E-state index in [1.54, 1.807) is 0 Å². The van der Waals surface area contributed by atoms with Crippen LogP contribution < -0.4 is 0 Å². The first-order valence-corrected chi connectivity index (χ1v) is 3.67. The summed E-state index contributed by atoms with van der Waals surface area (Å²) < 4.78 is 24.2. The molecule has 1 heterocycles. The summed E-state index contributed by atoms with van der Waals surface area (Å²) in [5, 5.41) is 0. The molecule has 1 saturated heterocycles. The average molecular weight is 214 g/mol. The Balaban J connectivity index is 2.48. The number of halogens is 3. The first kappa shape index (κ1) is 7.91. The Labute approximate surface area is 65.3 Å². The highest BCUT2D eigenvalue weighted by atomic mass is 79.9. The second-order valence-corrected chi connectivity index (χ2v) is 3.14. The molecule has 58 valence electrons. The molecule has 2 nitrogen and oxygen atoms in total. The fourth-order valence-corrected chi connectivity index (χ4v) is 0.949. The van der Waals surface area contributed by atoms with Gasteiger partial charge < -0.3 is 4.90 Å². The molecule has 5 heteroatoms. The molecule has 0 radical (unpaired) electrons. The van der Waals surface area contributed by atoms with E-state index >= 15 is 0 Å². The van der Waals surface area contributed by atoms with Crippen molar-refractivity contribution in [2.75, 3.05) is 13.1 Å². The molecule has 0 aliphatic carbocycles. The van der Waals surface area contributed by atoms with Gasteiger partial charge in [0, 0.05) is 29.0 Å². The van der Waals surface area contributed by atoms with Crippen molar-refractivity contribution in [1.29, 1.82) is 0 Å². The summed E-state index contributed by atoms with van der Waals surface area (Å²) in [5.74, 6) is -1.13. The minimum atomic E-state index is -3.37. The van der Waals surface area contributed by atoms with Gasteiger partial charge in [-0.1, -0.05) is 0 Å². The number of hydrogen-bond donors (Lipinski definition) is 0. The van der Waals surface area contributed by atoms with E-state index in [2.05, 4.69) is 0 Å².